The molecule has 7 nitrogen and oxygen atoms in total. The number of pyridine rings is 1. The Balaban J connectivity index is 1.60. The normalized spacial score (nSPS) is 18.9. The van der Waals surface area contributed by atoms with Crippen molar-refractivity contribution in [3.8, 4) is 11.5 Å². The van der Waals surface area contributed by atoms with E-state index in [1.165, 1.54) is 4.90 Å². The zero-order chi connectivity index (χ0) is 19.2. The molecule has 1 aliphatic rings. The number of likely N-dealkylation sites (tertiary alicyclic amines) is 1. The number of primary amides is 1. The number of carbonyl (C=O) groups is 2. The third-order valence-corrected chi connectivity index (χ3v) is 4.64. The van der Waals surface area contributed by atoms with Crippen LogP contribution in [0.4, 0.5) is 0 Å². The fourth-order valence-electron chi connectivity index (χ4n) is 3.22. The SMILES string of the molecule is COc1ccc(CCC(=O)N2C[C@@H](Oc3cccnc3)C[C@H]2C(N)=O)cc1. The van der Waals surface area contributed by atoms with Crippen molar-refractivity contribution >= 4 is 11.8 Å². The lowest BCUT2D eigenvalue weighted by Crippen LogP contribution is -2.43. The van der Waals surface area contributed by atoms with Crippen molar-refractivity contribution in [1.82, 2.24) is 9.88 Å². The summed E-state index contributed by atoms with van der Waals surface area (Å²) in [6.07, 6.45) is 4.25. The standard InChI is InChI=1S/C20H23N3O4/c1-26-15-7-4-14(5-8-15)6-9-19(24)23-13-17(11-18(23)20(21)25)27-16-3-2-10-22-12-16/h2-5,7-8,10,12,17-18H,6,9,11,13H2,1H3,(H2,21,25)/t17-,18-/m0/s1. The quantitative estimate of drug-likeness (QED) is 0.799. The lowest BCUT2D eigenvalue weighted by molar-refractivity contribution is -0.137. The van der Waals surface area contributed by atoms with Gasteiger partial charge in [-0.25, -0.2) is 0 Å². The Labute approximate surface area is 158 Å². The highest BCUT2D eigenvalue weighted by Gasteiger charge is 2.39. The largest absolute Gasteiger partial charge is 0.497 e. The van der Waals surface area contributed by atoms with Gasteiger partial charge in [0.2, 0.25) is 11.8 Å². The summed E-state index contributed by atoms with van der Waals surface area (Å²) in [5.74, 6) is 0.768. The Hall–Kier alpha value is -3.09. The van der Waals surface area contributed by atoms with Crippen LogP contribution in [-0.2, 0) is 16.0 Å². The molecule has 1 fully saturated rings. The van der Waals surface area contributed by atoms with E-state index in [0.29, 0.717) is 31.6 Å². The number of hydrogen-bond acceptors (Lipinski definition) is 5. The fraction of sp³-hybridized carbons (Fsp3) is 0.350. The number of ether oxygens (including phenoxy) is 2. The van der Waals surface area contributed by atoms with E-state index in [9.17, 15) is 9.59 Å². The number of methoxy groups -OCH3 is 1. The van der Waals surface area contributed by atoms with Gasteiger partial charge in [0.05, 0.1) is 19.9 Å². The molecule has 142 valence electrons. The van der Waals surface area contributed by atoms with Gasteiger partial charge in [0.1, 0.15) is 23.6 Å². The molecule has 1 aliphatic heterocycles. The third-order valence-electron chi connectivity index (χ3n) is 4.64. The molecule has 2 amide bonds. The van der Waals surface area contributed by atoms with Crippen molar-refractivity contribution in [1.29, 1.82) is 0 Å². The van der Waals surface area contributed by atoms with Crippen LogP contribution >= 0.6 is 0 Å². The lowest BCUT2D eigenvalue weighted by Gasteiger charge is -2.22. The van der Waals surface area contributed by atoms with Crippen LogP contribution in [0.3, 0.4) is 0 Å². The van der Waals surface area contributed by atoms with Crippen LogP contribution in [0, 0.1) is 0 Å². The molecule has 0 aliphatic carbocycles. The number of hydrogen-bond donors (Lipinski definition) is 1. The van der Waals surface area contributed by atoms with Gasteiger partial charge in [0.25, 0.3) is 0 Å². The van der Waals surface area contributed by atoms with Gasteiger partial charge >= 0.3 is 0 Å². The topological polar surface area (TPSA) is 94.8 Å². The van der Waals surface area contributed by atoms with Gasteiger partial charge in [-0.2, -0.15) is 0 Å². The maximum Gasteiger partial charge on any atom is 0.240 e. The maximum atomic E-state index is 12.7. The van der Waals surface area contributed by atoms with Gasteiger partial charge in [-0.15, -0.1) is 0 Å². The van der Waals surface area contributed by atoms with Gasteiger partial charge in [-0.05, 0) is 36.2 Å². The highest BCUT2D eigenvalue weighted by molar-refractivity contribution is 5.87. The number of amides is 2. The molecule has 0 saturated carbocycles. The Morgan fingerprint density at radius 3 is 2.63 bits per heavy atom. The Kier molecular flexibility index (Phi) is 5.90. The molecule has 0 unspecified atom stereocenters. The van der Waals surface area contributed by atoms with E-state index >= 15 is 0 Å². The third kappa shape index (κ3) is 4.75. The van der Waals surface area contributed by atoms with Crippen LogP contribution in [0.5, 0.6) is 11.5 Å². The Bertz CT molecular complexity index is 780. The van der Waals surface area contributed by atoms with Crippen molar-refractivity contribution in [2.45, 2.75) is 31.4 Å². The Morgan fingerprint density at radius 2 is 2.00 bits per heavy atom. The average Bonchev–Trinajstić information content (AvgIpc) is 3.11. The second-order valence-corrected chi connectivity index (χ2v) is 6.48. The summed E-state index contributed by atoms with van der Waals surface area (Å²) in [6, 6.07) is 10.5. The highest BCUT2D eigenvalue weighted by atomic mass is 16.5. The van der Waals surface area contributed by atoms with Crippen LogP contribution in [-0.4, -0.2) is 47.5 Å². The van der Waals surface area contributed by atoms with Crippen molar-refractivity contribution in [3.05, 3.63) is 54.4 Å². The number of carbonyl (C=O) groups excluding carboxylic acids is 2. The molecule has 2 atom stereocenters. The summed E-state index contributed by atoms with van der Waals surface area (Å²) in [5.41, 5.74) is 6.54. The average molecular weight is 369 g/mol. The van der Waals surface area contributed by atoms with Crippen LogP contribution < -0.4 is 15.2 Å². The first-order valence-corrected chi connectivity index (χ1v) is 8.85. The smallest absolute Gasteiger partial charge is 0.240 e. The van der Waals surface area contributed by atoms with Gasteiger partial charge in [-0.1, -0.05) is 12.1 Å². The summed E-state index contributed by atoms with van der Waals surface area (Å²) in [7, 11) is 1.61. The molecule has 3 rings (SSSR count). The number of nitrogens with zero attached hydrogens (tertiary/aromatic N) is 2. The summed E-state index contributed by atoms with van der Waals surface area (Å²) in [4.78, 5) is 30.0. The molecular formula is C20H23N3O4. The van der Waals surface area contributed by atoms with E-state index in [0.717, 1.165) is 11.3 Å². The number of benzene rings is 1. The van der Waals surface area contributed by atoms with Crippen LogP contribution in [0.2, 0.25) is 0 Å². The predicted molar refractivity (Wildman–Crippen MR) is 99.3 cm³/mol. The summed E-state index contributed by atoms with van der Waals surface area (Å²) < 4.78 is 11.0. The van der Waals surface area contributed by atoms with E-state index in [2.05, 4.69) is 4.98 Å². The number of nitrogens with two attached hydrogens (primary N) is 1. The molecule has 2 N–H and O–H groups in total. The summed E-state index contributed by atoms with van der Waals surface area (Å²) in [6.45, 7) is 0.337. The molecule has 2 heterocycles. The van der Waals surface area contributed by atoms with Crippen molar-refractivity contribution in [2.24, 2.45) is 5.73 Å². The van der Waals surface area contributed by atoms with E-state index in [1.54, 1.807) is 31.6 Å². The minimum Gasteiger partial charge on any atom is -0.497 e. The van der Waals surface area contributed by atoms with Gasteiger partial charge in [0.15, 0.2) is 0 Å². The zero-order valence-electron chi connectivity index (χ0n) is 15.2. The van der Waals surface area contributed by atoms with Gasteiger partial charge < -0.3 is 20.1 Å². The van der Waals surface area contributed by atoms with Crippen molar-refractivity contribution in [2.75, 3.05) is 13.7 Å². The molecule has 1 aromatic heterocycles. The van der Waals surface area contributed by atoms with Gasteiger partial charge in [-0.3, -0.25) is 14.6 Å². The fourth-order valence-corrected chi connectivity index (χ4v) is 3.22. The minimum absolute atomic E-state index is 0.105. The van der Waals surface area contributed by atoms with E-state index in [4.69, 9.17) is 15.2 Å². The Morgan fingerprint density at radius 1 is 1.22 bits per heavy atom. The monoisotopic (exact) mass is 369 g/mol. The summed E-state index contributed by atoms with van der Waals surface area (Å²) in [5, 5.41) is 0. The minimum atomic E-state index is -0.643. The maximum absolute atomic E-state index is 12.7. The molecule has 7 heteroatoms. The van der Waals surface area contributed by atoms with E-state index < -0.39 is 11.9 Å². The molecular weight excluding hydrogens is 346 g/mol. The second-order valence-electron chi connectivity index (χ2n) is 6.48. The van der Waals surface area contributed by atoms with Crippen LogP contribution in [0.1, 0.15) is 18.4 Å². The molecule has 0 spiro atoms. The summed E-state index contributed by atoms with van der Waals surface area (Å²) >= 11 is 0. The molecule has 1 aromatic carbocycles. The second kappa shape index (κ2) is 8.53. The predicted octanol–water partition coefficient (Wildman–Crippen LogP) is 1.56. The van der Waals surface area contributed by atoms with E-state index in [-0.39, 0.29) is 12.0 Å². The molecule has 27 heavy (non-hydrogen) atoms. The number of aryl methyl sites for hydroxylation is 1. The molecule has 0 bridgehead atoms. The lowest BCUT2D eigenvalue weighted by atomic mass is 10.1. The number of rotatable bonds is 7. The van der Waals surface area contributed by atoms with Crippen molar-refractivity contribution in [3.63, 3.8) is 0 Å². The highest BCUT2D eigenvalue weighted by Crippen LogP contribution is 2.24. The van der Waals surface area contributed by atoms with Gasteiger partial charge in [0, 0.05) is 19.0 Å². The molecule has 1 saturated heterocycles. The first-order chi connectivity index (χ1) is 13.1. The first-order valence-electron chi connectivity index (χ1n) is 8.85. The first kappa shape index (κ1) is 18.7. The van der Waals surface area contributed by atoms with E-state index in [1.807, 2.05) is 24.3 Å². The number of aromatic nitrogens is 1. The van der Waals surface area contributed by atoms with Crippen LogP contribution in [0.15, 0.2) is 48.8 Å². The molecule has 2 aromatic rings. The van der Waals surface area contributed by atoms with Crippen LogP contribution in [0.25, 0.3) is 0 Å². The zero-order valence-corrected chi connectivity index (χ0v) is 15.2. The van der Waals surface area contributed by atoms with Crippen molar-refractivity contribution < 1.29 is 19.1 Å². The molecule has 0 radical (unpaired) electrons.